The number of alkyl halides is 3. The van der Waals surface area contributed by atoms with E-state index in [0.29, 0.717) is 10.2 Å². The normalized spacial score (nSPS) is 11.5. The summed E-state index contributed by atoms with van der Waals surface area (Å²) in [6, 6.07) is 0. The van der Waals surface area contributed by atoms with E-state index in [9.17, 15) is 22.8 Å². The lowest BCUT2D eigenvalue weighted by Crippen LogP contribution is -2.16. The lowest BCUT2D eigenvalue weighted by molar-refractivity contribution is -0.144. The molecule has 0 atom stereocenters. The van der Waals surface area contributed by atoms with Gasteiger partial charge in [-0.15, -0.1) is 11.3 Å². The van der Waals surface area contributed by atoms with Gasteiger partial charge in [-0.2, -0.15) is 18.3 Å². The van der Waals surface area contributed by atoms with Gasteiger partial charge in [0.15, 0.2) is 11.4 Å². The molecule has 142 valence electrons. The van der Waals surface area contributed by atoms with Crippen molar-refractivity contribution in [3.8, 4) is 0 Å². The number of anilines is 1. The van der Waals surface area contributed by atoms with E-state index in [-0.39, 0.29) is 17.2 Å². The van der Waals surface area contributed by atoms with Crippen molar-refractivity contribution < 1.29 is 27.5 Å². The predicted octanol–water partition coefficient (Wildman–Crippen LogP) is 4.31. The fraction of sp³-hybridized carbons (Fsp3) is 0.400. The highest BCUT2D eigenvalue weighted by atomic mass is 79.9. The molecule has 0 spiro atoms. The van der Waals surface area contributed by atoms with Gasteiger partial charge in [-0.3, -0.25) is 9.48 Å². The number of amides is 1. The van der Waals surface area contributed by atoms with Gasteiger partial charge >= 0.3 is 12.1 Å². The molecule has 2 aromatic rings. The number of carbonyl (C=O) groups is 2. The zero-order chi connectivity index (χ0) is 19.8. The Balaban J connectivity index is 2.41. The fourth-order valence-electron chi connectivity index (χ4n) is 2.28. The van der Waals surface area contributed by atoms with Gasteiger partial charge in [0.2, 0.25) is 0 Å². The van der Waals surface area contributed by atoms with E-state index in [1.54, 1.807) is 20.8 Å². The first-order valence-corrected chi connectivity index (χ1v) is 8.98. The van der Waals surface area contributed by atoms with E-state index in [1.807, 2.05) is 0 Å². The van der Waals surface area contributed by atoms with Gasteiger partial charge in [0.25, 0.3) is 5.91 Å². The molecule has 0 fully saturated rings. The number of hydrogen-bond acceptors (Lipinski definition) is 5. The second-order valence-corrected chi connectivity index (χ2v) is 7.31. The SMILES string of the molecule is CCOC(=O)c1c(NC(=O)c2nn(C)c(C(F)(F)F)c2Br)sc(C)c1C. The van der Waals surface area contributed by atoms with Crippen molar-refractivity contribution in [3.05, 3.63) is 31.9 Å². The standard InChI is InChI=1S/C15H15BrF3N3O3S/c1-5-25-14(24)8-6(2)7(3)26-13(8)20-12(23)10-9(16)11(15(17,18)19)22(4)21-10/h5H2,1-4H3,(H,20,23). The van der Waals surface area contributed by atoms with E-state index < -0.39 is 33.9 Å². The van der Waals surface area contributed by atoms with Crippen molar-refractivity contribution in [1.82, 2.24) is 9.78 Å². The van der Waals surface area contributed by atoms with E-state index in [1.165, 1.54) is 0 Å². The maximum absolute atomic E-state index is 13.0. The molecular formula is C15H15BrF3N3O3S. The molecule has 2 heterocycles. The lowest BCUT2D eigenvalue weighted by Gasteiger charge is -2.07. The summed E-state index contributed by atoms with van der Waals surface area (Å²) in [5, 5.41) is 6.31. The summed E-state index contributed by atoms with van der Waals surface area (Å²) in [5.74, 6) is -1.48. The highest BCUT2D eigenvalue weighted by Crippen LogP contribution is 2.37. The first-order chi connectivity index (χ1) is 12.0. The number of hydrogen-bond donors (Lipinski definition) is 1. The number of nitrogens with zero attached hydrogens (tertiary/aromatic N) is 2. The van der Waals surface area contributed by atoms with Gasteiger partial charge in [-0.25, -0.2) is 4.79 Å². The third-order valence-electron chi connectivity index (χ3n) is 3.56. The Morgan fingerprint density at radius 1 is 1.35 bits per heavy atom. The van der Waals surface area contributed by atoms with Gasteiger partial charge in [-0.1, -0.05) is 0 Å². The Hall–Kier alpha value is -1.88. The van der Waals surface area contributed by atoms with Crippen LogP contribution in [-0.4, -0.2) is 28.3 Å². The molecular weight excluding hydrogens is 439 g/mol. The summed E-state index contributed by atoms with van der Waals surface area (Å²) in [5.41, 5.74) is -0.684. The topological polar surface area (TPSA) is 73.2 Å². The third kappa shape index (κ3) is 3.78. The summed E-state index contributed by atoms with van der Waals surface area (Å²) in [6.07, 6.45) is -4.68. The molecule has 0 aliphatic heterocycles. The number of esters is 1. The van der Waals surface area contributed by atoms with Crippen LogP contribution >= 0.6 is 27.3 Å². The third-order valence-corrected chi connectivity index (χ3v) is 5.44. The number of ether oxygens (including phenoxy) is 1. The fourth-order valence-corrected chi connectivity index (χ4v) is 4.06. The van der Waals surface area contributed by atoms with Crippen LogP contribution in [0, 0.1) is 13.8 Å². The second kappa shape index (κ2) is 7.39. The number of carbonyl (C=O) groups excluding carboxylic acids is 2. The average molecular weight is 454 g/mol. The smallest absolute Gasteiger partial charge is 0.434 e. The number of halogens is 4. The van der Waals surface area contributed by atoms with Crippen LogP contribution < -0.4 is 5.32 Å². The Labute approximate surface area is 159 Å². The van der Waals surface area contributed by atoms with Crippen molar-refractivity contribution in [1.29, 1.82) is 0 Å². The molecule has 0 aliphatic carbocycles. The van der Waals surface area contributed by atoms with Crippen molar-refractivity contribution >= 4 is 44.1 Å². The monoisotopic (exact) mass is 453 g/mol. The van der Waals surface area contributed by atoms with Gasteiger partial charge in [0.1, 0.15) is 5.00 Å². The molecule has 0 radical (unpaired) electrons. The highest BCUT2D eigenvalue weighted by molar-refractivity contribution is 9.10. The van der Waals surface area contributed by atoms with Crippen LogP contribution in [0.15, 0.2) is 4.47 Å². The van der Waals surface area contributed by atoms with Crippen LogP contribution in [0.25, 0.3) is 0 Å². The van der Waals surface area contributed by atoms with Crippen molar-refractivity contribution in [2.24, 2.45) is 7.05 Å². The summed E-state index contributed by atoms with van der Waals surface area (Å²) in [4.78, 5) is 25.4. The summed E-state index contributed by atoms with van der Waals surface area (Å²) in [6.45, 7) is 5.26. The van der Waals surface area contributed by atoms with Crippen LogP contribution in [0.1, 0.15) is 43.9 Å². The molecule has 0 saturated heterocycles. The molecule has 1 N–H and O–H groups in total. The maximum Gasteiger partial charge on any atom is 0.434 e. The molecule has 0 unspecified atom stereocenters. The first-order valence-electron chi connectivity index (χ1n) is 7.37. The molecule has 2 rings (SSSR count). The minimum atomic E-state index is -4.68. The minimum Gasteiger partial charge on any atom is -0.462 e. The van der Waals surface area contributed by atoms with E-state index in [4.69, 9.17) is 4.74 Å². The Bertz CT molecular complexity index is 874. The largest absolute Gasteiger partial charge is 0.462 e. The summed E-state index contributed by atoms with van der Waals surface area (Å²) < 4.78 is 44.2. The lowest BCUT2D eigenvalue weighted by atomic mass is 10.1. The molecule has 0 aromatic carbocycles. The van der Waals surface area contributed by atoms with Gasteiger partial charge in [-0.05, 0) is 42.3 Å². The van der Waals surface area contributed by atoms with Crippen LogP contribution in [0.2, 0.25) is 0 Å². The number of aromatic nitrogens is 2. The molecule has 0 saturated carbocycles. The van der Waals surface area contributed by atoms with E-state index in [0.717, 1.165) is 23.3 Å². The Kier molecular flexibility index (Phi) is 5.81. The second-order valence-electron chi connectivity index (χ2n) is 5.29. The Morgan fingerprint density at radius 3 is 2.46 bits per heavy atom. The van der Waals surface area contributed by atoms with Gasteiger partial charge in [0, 0.05) is 11.9 Å². The van der Waals surface area contributed by atoms with Crippen molar-refractivity contribution in [2.45, 2.75) is 26.9 Å². The molecule has 0 bridgehead atoms. The highest BCUT2D eigenvalue weighted by Gasteiger charge is 2.39. The maximum atomic E-state index is 13.0. The molecule has 6 nitrogen and oxygen atoms in total. The van der Waals surface area contributed by atoms with Gasteiger partial charge < -0.3 is 10.1 Å². The molecule has 1 amide bonds. The van der Waals surface area contributed by atoms with Crippen LogP contribution in [0.4, 0.5) is 18.2 Å². The minimum absolute atomic E-state index is 0.154. The zero-order valence-corrected chi connectivity index (χ0v) is 16.6. The predicted molar refractivity (Wildman–Crippen MR) is 93.6 cm³/mol. The Morgan fingerprint density at radius 2 is 1.96 bits per heavy atom. The quantitative estimate of drug-likeness (QED) is 0.700. The summed E-state index contributed by atoms with van der Waals surface area (Å²) in [7, 11) is 1.09. The van der Waals surface area contributed by atoms with Gasteiger partial charge in [0.05, 0.1) is 16.6 Å². The van der Waals surface area contributed by atoms with Crippen molar-refractivity contribution in [2.75, 3.05) is 11.9 Å². The van der Waals surface area contributed by atoms with Crippen LogP contribution in [-0.2, 0) is 18.0 Å². The zero-order valence-electron chi connectivity index (χ0n) is 14.2. The number of nitrogens with one attached hydrogen (secondary N) is 1. The van der Waals surface area contributed by atoms with Crippen molar-refractivity contribution in [3.63, 3.8) is 0 Å². The summed E-state index contributed by atoms with van der Waals surface area (Å²) >= 11 is 3.93. The van der Waals surface area contributed by atoms with Crippen LogP contribution in [0.3, 0.4) is 0 Å². The molecule has 2 aromatic heterocycles. The molecule has 26 heavy (non-hydrogen) atoms. The number of rotatable bonds is 4. The first kappa shape index (κ1) is 20.4. The van der Waals surface area contributed by atoms with E-state index >= 15 is 0 Å². The number of thiophene rings is 1. The molecule has 11 heteroatoms. The average Bonchev–Trinajstić information content (AvgIpc) is 2.95. The van der Waals surface area contributed by atoms with E-state index in [2.05, 4.69) is 26.3 Å². The molecule has 0 aliphatic rings. The number of aryl methyl sites for hydroxylation is 2. The van der Waals surface area contributed by atoms with Crippen LogP contribution in [0.5, 0.6) is 0 Å².